The molecule has 0 saturated heterocycles. The molecule has 0 spiro atoms. The van der Waals surface area contributed by atoms with Gasteiger partial charge in [0, 0.05) is 0 Å². The third kappa shape index (κ3) is 1.28. The fraction of sp³-hybridized carbons (Fsp3) is 0. The van der Waals surface area contributed by atoms with Crippen LogP contribution in [0.3, 0.4) is 0 Å². The first-order valence-electron chi connectivity index (χ1n) is 2.68. The van der Waals surface area contributed by atoms with Gasteiger partial charge in [-0.15, -0.1) is 5.46 Å². The van der Waals surface area contributed by atoms with Crippen LogP contribution in [-0.2, 0) is 0 Å². The largest absolute Gasteiger partial charge is 0.282 e. The van der Waals surface area contributed by atoms with Crippen LogP contribution in [0.4, 0.5) is 0 Å². The molecular formula is C5HB4N. The molecule has 0 amide bonds. The summed E-state index contributed by atoms with van der Waals surface area (Å²) in [5.74, 6) is 0. The van der Waals surface area contributed by atoms with Gasteiger partial charge in [-0.05, 0) is 11.2 Å². The van der Waals surface area contributed by atoms with Crippen LogP contribution >= 0.6 is 0 Å². The van der Waals surface area contributed by atoms with E-state index in [0.29, 0.717) is 5.46 Å². The molecule has 10 heavy (non-hydrogen) atoms. The lowest BCUT2D eigenvalue weighted by atomic mass is 9.74. The Labute approximate surface area is 65.3 Å². The summed E-state index contributed by atoms with van der Waals surface area (Å²) in [5, 5.41) is 0. The van der Waals surface area contributed by atoms with Gasteiger partial charge in [0.1, 0.15) is 31.4 Å². The van der Waals surface area contributed by atoms with Crippen LogP contribution in [0, 0.1) is 0 Å². The Hall–Kier alpha value is -0.590. The van der Waals surface area contributed by atoms with Gasteiger partial charge >= 0.3 is 0 Å². The van der Waals surface area contributed by atoms with E-state index in [9.17, 15) is 0 Å². The molecule has 0 fully saturated rings. The third-order valence-electron chi connectivity index (χ3n) is 1.14. The molecule has 0 atom stereocenters. The van der Waals surface area contributed by atoms with Crippen molar-refractivity contribution in [3.8, 4) is 0 Å². The van der Waals surface area contributed by atoms with Crippen molar-refractivity contribution in [1.82, 2.24) is 4.98 Å². The Morgan fingerprint density at radius 3 is 2.20 bits per heavy atom. The third-order valence-corrected chi connectivity index (χ3v) is 1.14. The highest BCUT2D eigenvalue weighted by Gasteiger charge is 1.95. The molecule has 1 heterocycles. The zero-order valence-electron chi connectivity index (χ0n) is 5.33. The van der Waals surface area contributed by atoms with Crippen LogP contribution in [0.1, 0.15) is 0 Å². The van der Waals surface area contributed by atoms with E-state index in [0.717, 1.165) is 0 Å². The number of aromatic nitrogens is 1. The normalized spacial score (nSPS) is 9.60. The molecule has 1 rings (SSSR count). The molecule has 8 radical (unpaired) electrons. The average molecular weight is 118 g/mol. The molecule has 0 saturated carbocycles. The Kier molecular flexibility index (Phi) is 1.93. The first-order chi connectivity index (χ1) is 4.61. The lowest BCUT2D eigenvalue weighted by Crippen LogP contribution is -2.45. The van der Waals surface area contributed by atoms with Gasteiger partial charge in [0.15, 0.2) is 0 Å². The lowest BCUT2D eigenvalue weighted by molar-refractivity contribution is 1.49. The van der Waals surface area contributed by atoms with E-state index < -0.39 is 0 Å². The summed E-state index contributed by atoms with van der Waals surface area (Å²) in [4.78, 5) is 3.68. The first-order valence-corrected chi connectivity index (χ1v) is 2.68. The maximum absolute atomic E-state index is 5.40. The van der Waals surface area contributed by atoms with Crippen molar-refractivity contribution in [2.24, 2.45) is 0 Å². The van der Waals surface area contributed by atoms with Gasteiger partial charge in [-0.1, -0.05) is 11.5 Å². The van der Waals surface area contributed by atoms with Gasteiger partial charge in [-0.2, -0.15) is 0 Å². The molecule has 1 aromatic heterocycles. The van der Waals surface area contributed by atoms with Crippen LogP contribution in [0.15, 0.2) is 6.07 Å². The van der Waals surface area contributed by atoms with Gasteiger partial charge in [0.05, 0.1) is 0 Å². The minimum absolute atomic E-state index is 0.178. The van der Waals surface area contributed by atoms with Crippen molar-refractivity contribution in [1.29, 1.82) is 0 Å². The van der Waals surface area contributed by atoms with Crippen molar-refractivity contribution in [2.45, 2.75) is 0 Å². The van der Waals surface area contributed by atoms with Crippen LogP contribution in [0.2, 0.25) is 0 Å². The molecule has 0 aliphatic rings. The molecule has 38 valence electrons. The molecule has 0 aromatic carbocycles. The average Bonchev–Trinajstić information content (AvgIpc) is 1.82. The van der Waals surface area contributed by atoms with Crippen molar-refractivity contribution in [2.75, 3.05) is 0 Å². The minimum atomic E-state index is 0.178. The number of hydrogen-bond acceptors (Lipinski definition) is 1. The van der Waals surface area contributed by atoms with E-state index in [1.165, 1.54) is 6.07 Å². The second kappa shape index (κ2) is 2.57. The second-order valence-corrected chi connectivity index (χ2v) is 1.94. The van der Waals surface area contributed by atoms with E-state index in [-0.39, 0.29) is 16.6 Å². The summed E-state index contributed by atoms with van der Waals surface area (Å²) in [6.07, 6.45) is 0. The van der Waals surface area contributed by atoms with E-state index in [4.69, 9.17) is 31.4 Å². The van der Waals surface area contributed by atoms with E-state index >= 15 is 0 Å². The summed E-state index contributed by atoms with van der Waals surface area (Å²) in [7, 11) is 21.4. The quantitative estimate of drug-likeness (QED) is 0.319. The SMILES string of the molecule is [B]c1cc([B])c([B])c([B])n1. The van der Waals surface area contributed by atoms with Crippen LogP contribution < -0.4 is 22.1 Å². The minimum Gasteiger partial charge on any atom is -0.282 e. The zero-order valence-corrected chi connectivity index (χ0v) is 5.33. The summed E-state index contributed by atoms with van der Waals surface area (Å²) in [5.41, 5.74) is 1.11. The highest BCUT2D eigenvalue weighted by Crippen LogP contribution is 1.60. The number of hydrogen-bond donors (Lipinski definition) is 0. The molecule has 1 aromatic rings. The number of rotatable bonds is 0. The molecule has 1 nitrogen and oxygen atoms in total. The van der Waals surface area contributed by atoms with Gasteiger partial charge < -0.3 is 0 Å². The fourth-order valence-corrected chi connectivity index (χ4v) is 0.617. The highest BCUT2D eigenvalue weighted by molar-refractivity contribution is 6.57. The van der Waals surface area contributed by atoms with E-state index in [1.54, 1.807) is 0 Å². The van der Waals surface area contributed by atoms with Crippen LogP contribution in [0.25, 0.3) is 0 Å². The molecule has 0 N–H and O–H groups in total. The van der Waals surface area contributed by atoms with Gasteiger partial charge in [0.2, 0.25) is 0 Å². The Morgan fingerprint density at radius 2 is 1.70 bits per heavy atom. The summed E-state index contributed by atoms with van der Waals surface area (Å²) < 4.78 is 0. The smallest absolute Gasteiger partial charge is 0.141 e. The maximum Gasteiger partial charge on any atom is 0.141 e. The van der Waals surface area contributed by atoms with Crippen LogP contribution in [0.5, 0.6) is 0 Å². The molecular weight excluding hydrogens is 117 g/mol. The van der Waals surface area contributed by atoms with E-state index in [2.05, 4.69) is 4.98 Å². The number of pyridine rings is 1. The van der Waals surface area contributed by atoms with Crippen LogP contribution in [-0.4, -0.2) is 36.4 Å². The standard InChI is InChI=1S/C5HB4N/c6-2-1-3(7)10-5(9)4(2)8/h1H. The lowest BCUT2D eigenvalue weighted by Gasteiger charge is -2.05. The molecule has 0 unspecified atom stereocenters. The van der Waals surface area contributed by atoms with Crippen molar-refractivity contribution >= 4 is 53.5 Å². The first kappa shape index (κ1) is 7.52. The Bertz CT molecular complexity index is 237. The summed E-state index contributed by atoms with van der Waals surface area (Å²) in [6.45, 7) is 0. The maximum atomic E-state index is 5.40. The van der Waals surface area contributed by atoms with Crippen molar-refractivity contribution < 1.29 is 0 Å². The molecule has 0 aliphatic carbocycles. The molecule has 0 bridgehead atoms. The second-order valence-electron chi connectivity index (χ2n) is 1.94. The van der Waals surface area contributed by atoms with Gasteiger partial charge in [-0.25, -0.2) is 0 Å². The van der Waals surface area contributed by atoms with E-state index in [1.807, 2.05) is 0 Å². The Balaban J connectivity index is 3.31. The predicted octanol–water partition coefficient (Wildman–Crippen LogP) is -3.74. The summed E-state index contributed by atoms with van der Waals surface area (Å²) in [6, 6.07) is 1.46. The van der Waals surface area contributed by atoms with Crippen molar-refractivity contribution in [3.63, 3.8) is 0 Å². The van der Waals surface area contributed by atoms with Gasteiger partial charge in [0.25, 0.3) is 0 Å². The zero-order chi connectivity index (χ0) is 7.72. The molecule has 0 aliphatic heterocycles. The van der Waals surface area contributed by atoms with Crippen molar-refractivity contribution in [3.05, 3.63) is 6.07 Å². The monoisotopic (exact) mass is 119 g/mol. The predicted molar refractivity (Wildman–Crippen MR) is 45.8 cm³/mol. The molecule has 5 heteroatoms. The fourth-order valence-electron chi connectivity index (χ4n) is 0.617. The number of nitrogens with zero attached hydrogens (tertiary/aromatic N) is 1. The summed E-state index contributed by atoms with van der Waals surface area (Å²) >= 11 is 0. The highest BCUT2D eigenvalue weighted by atomic mass is 14.7. The topological polar surface area (TPSA) is 12.9 Å². The Morgan fingerprint density at radius 1 is 1.10 bits per heavy atom. The van der Waals surface area contributed by atoms with Gasteiger partial charge in [-0.3, -0.25) is 4.98 Å².